The molecular weight excluding hydrogens is 292 g/mol. The maximum absolute atomic E-state index is 12.1. The predicted molar refractivity (Wildman–Crippen MR) is 92.2 cm³/mol. The molecule has 6 heteroatoms. The zero-order valence-electron chi connectivity index (χ0n) is 15.3. The average Bonchev–Trinajstić information content (AvgIpc) is 2.98. The molecule has 0 radical (unpaired) electrons. The summed E-state index contributed by atoms with van der Waals surface area (Å²) >= 11 is 0. The highest BCUT2D eigenvalue weighted by molar-refractivity contribution is 5.91. The molecule has 1 aromatic rings. The van der Waals surface area contributed by atoms with Crippen molar-refractivity contribution in [1.29, 1.82) is 0 Å². The second-order valence-electron chi connectivity index (χ2n) is 6.66. The van der Waals surface area contributed by atoms with E-state index in [1.165, 1.54) is 6.26 Å². The Labute approximate surface area is 139 Å². The van der Waals surface area contributed by atoms with E-state index >= 15 is 0 Å². The van der Waals surface area contributed by atoms with E-state index in [0.29, 0.717) is 30.2 Å². The first-order valence-electron chi connectivity index (χ1n) is 8.52. The Hall–Kier alpha value is -1.40. The molecule has 1 rings (SSSR count). The van der Waals surface area contributed by atoms with Crippen LogP contribution in [-0.4, -0.2) is 41.0 Å². The maximum Gasteiger partial charge on any atom is 0.273 e. The van der Waals surface area contributed by atoms with Gasteiger partial charge in [0, 0.05) is 25.2 Å². The van der Waals surface area contributed by atoms with Crippen LogP contribution in [0.3, 0.4) is 0 Å². The zero-order valence-corrected chi connectivity index (χ0v) is 15.3. The van der Waals surface area contributed by atoms with Crippen LogP contribution in [-0.2, 0) is 0 Å². The molecule has 132 valence electrons. The van der Waals surface area contributed by atoms with Crippen molar-refractivity contribution in [1.82, 2.24) is 15.2 Å². The van der Waals surface area contributed by atoms with Gasteiger partial charge in [0.2, 0.25) is 5.89 Å². The molecule has 23 heavy (non-hydrogen) atoms. The second kappa shape index (κ2) is 9.03. The number of aromatic nitrogens is 1. The van der Waals surface area contributed by atoms with Crippen molar-refractivity contribution in [2.75, 3.05) is 13.1 Å². The lowest BCUT2D eigenvalue weighted by molar-refractivity contribution is 0.0934. The van der Waals surface area contributed by atoms with Crippen molar-refractivity contribution in [2.45, 2.75) is 66.1 Å². The van der Waals surface area contributed by atoms with Gasteiger partial charge >= 0.3 is 0 Å². The first-order valence-corrected chi connectivity index (χ1v) is 8.52. The number of oxazole rings is 1. The summed E-state index contributed by atoms with van der Waals surface area (Å²) in [6, 6.07) is 0.608. The minimum atomic E-state index is -0.279. The molecule has 0 saturated heterocycles. The number of hydrogen-bond donors (Lipinski definition) is 2. The van der Waals surface area contributed by atoms with Crippen LogP contribution in [0, 0.1) is 5.92 Å². The van der Waals surface area contributed by atoms with Gasteiger partial charge in [0.15, 0.2) is 5.69 Å². The van der Waals surface area contributed by atoms with Gasteiger partial charge in [-0.1, -0.05) is 20.3 Å². The van der Waals surface area contributed by atoms with E-state index < -0.39 is 0 Å². The zero-order chi connectivity index (χ0) is 17.6. The summed E-state index contributed by atoms with van der Waals surface area (Å²) in [6.07, 6.45) is 2.32. The Balaban J connectivity index is 2.54. The number of carbonyl (C=O) groups is 1. The Bertz CT molecular complexity index is 477. The molecular formula is C17H32N4O2. The van der Waals surface area contributed by atoms with Crippen LogP contribution in [0.4, 0.5) is 0 Å². The van der Waals surface area contributed by atoms with Gasteiger partial charge in [0.05, 0.1) is 6.04 Å². The Morgan fingerprint density at radius 1 is 1.30 bits per heavy atom. The van der Waals surface area contributed by atoms with Gasteiger partial charge in [-0.05, 0) is 33.6 Å². The van der Waals surface area contributed by atoms with E-state index in [9.17, 15) is 4.79 Å². The Morgan fingerprint density at radius 3 is 2.43 bits per heavy atom. The molecule has 0 aromatic carbocycles. The van der Waals surface area contributed by atoms with Crippen molar-refractivity contribution in [3.05, 3.63) is 17.8 Å². The number of nitrogens with two attached hydrogens (primary N) is 1. The fraction of sp³-hybridized carbons (Fsp3) is 0.765. The number of carbonyl (C=O) groups excluding carboxylic acids is 1. The minimum absolute atomic E-state index is 0.219. The normalized spacial score (nSPS) is 14.5. The number of rotatable bonds is 9. The van der Waals surface area contributed by atoms with E-state index in [1.54, 1.807) is 0 Å². The highest BCUT2D eigenvalue weighted by atomic mass is 16.3. The number of hydrogen-bond acceptors (Lipinski definition) is 5. The van der Waals surface area contributed by atoms with Crippen molar-refractivity contribution < 1.29 is 9.21 Å². The molecule has 0 bridgehead atoms. The van der Waals surface area contributed by atoms with Crippen LogP contribution in [0.5, 0.6) is 0 Å². The molecule has 3 N–H and O–H groups in total. The molecule has 0 saturated carbocycles. The van der Waals surface area contributed by atoms with Gasteiger partial charge in [0.1, 0.15) is 6.26 Å². The first kappa shape index (κ1) is 19.6. The standard InChI is InChI=1S/C17H32N4O2/c1-7-13(6)15(18)17-20-14(10-23-17)16(22)19-8-9-21(11(2)3)12(4)5/h10-13,15H,7-9,18H2,1-6H3,(H,19,22). The number of nitrogens with one attached hydrogen (secondary N) is 1. The van der Waals surface area contributed by atoms with E-state index in [-0.39, 0.29) is 17.9 Å². The third-order valence-corrected chi connectivity index (χ3v) is 4.28. The smallest absolute Gasteiger partial charge is 0.273 e. The lowest BCUT2D eigenvalue weighted by Gasteiger charge is -2.30. The topological polar surface area (TPSA) is 84.4 Å². The number of amides is 1. The van der Waals surface area contributed by atoms with Crippen molar-refractivity contribution >= 4 is 5.91 Å². The lowest BCUT2D eigenvalue weighted by atomic mass is 10.0. The van der Waals surface area contributed by atoms with Crippen molar-refractivity contribution in [3.8, 4) is 0 Å². The van der Waals surface area contributed by atoms with Gasteiger partial charge in [-0.2, -0.15) is 0 Å². The van der Waals surface area contributed by atoms with Gasteiger partial charge < -0.3 is 15.5 Å². The second-order valence-corrected chi connectivity index (χ2v) is 6.66. The molecule has 0 spiro atoms. The van der Waals surface area contributed by atoms with Crippen molar-refractivity contribution in [3.63, 3.8) is 0 Å². The molecule has 0 aliphatic rings. The summed E-state index contributed by atoms with van der Waals surface area (Å²) in [5, 5.41) is 2.89. The van der Waals surface area contributed by atoms with Crippen LogP contribution in [0.2, 0.25) is 0 Å². The molecule has 1 heterocycles. The summed E-state index contributed by atoms with van der Waals surface area (Å²) in [4.78, 5) is 18.7. The van der Waals surface area contributed by atoms with Crippen molar-refractivity contribution in [2.24, 2.45) is 11.7 Å². The van der Waals surface area contributed by atoms with E-state index in [2.05, 4.69) is 49.8 Å². The van der Waals surface area contributed by atoms with E-state index in [4.69, 9.17) is 10.2 Å². The minimum Gasteiger partial charge on any atom is -0.446 e. The fourth-order valence-corrected chi connectivity index (χ4v) is 2.54. The summed E-state index contributed by atoms with van der Waals surface area (Å²) < 4.78 is 5.37. The third kappa shape index (κ3) is 5.62. The van der Waals surface area contributed by atoms with Crippen LogP contribution < -0.4 is 11.1 Å². The first-order chi connectivity index (χ1) is 10.8. The third-order valence-electron chi connectivity index (χ3n) is 4.28. The van der Waals surface area contributed by atoms with Gasteiger partial charge in [-0.25, -0.2) is 4.98 Å². The van der Waals surface area contributed by atoms with E-state index in [0.717, 1.165) is 13.0 Å². The van der Waals surface area contributed by atoms with Crippen LogP contribution in [0.1, 0.15) is 70.4 Å². The molecule has 2 unspecified atom stereocenters. The van der Waals surface area contributed by atoms with Crippen LogP contribution >= 0.6 is 0 Å². The molecule has 6 nitrogen and oxygen atoms in total. The molecule has 1 aromatic heterocycles. The number of nitrogens with zero attached hydrogens (tertiary/aromatic N) is 2. The summed E-state index contributed by atoms with van der Waals surface area (Å²) in [5.41, 5.74) is 6.37. The van der Waals surface area contributed by atoms with Crippen LogP contribution in [0.25, 0.3) is 0 Å². The largest absolute Gasteiger partial charge is 0.446 e. The quantitative estimate of drug-likeness (QED) is 0.729. The average molecular weight is 324 g/mol. The Kier molecular flexibility index (Phi) is 7.72. The maximum atomic E-state index is 12.1. The molecule has 0 aliphatic carbocycles. The monoisotopic (exact) mass is 324 g/mol. The molecule has 0 fully saturated rings. The van der Waals surface area contributed by atoms with Gasteiger partial charge in [-0.15, -0.1) is 0 Å². The SMILES string of the molecule is CCC(C)C(N)c1nc(C(=O)NCCN(C(C)C)C(C)C)co1. The van der Waals surface area contributed by atoms with Crippen LogP contribution in [0.15, 0.2) is 10.7 Å². The Morgan fingerprint density at radius 2 is 1.91 bits per heavy atom. The lowest BCUT2D eigenvalue weighted by Crippen LogP contribution is -2.42. The molecule has 0 aliphatic heterocycles. The molecule has 2 atom stereocenters. The summed E-state index contributed by atoms with van der Waals surface area (Å²) in [7, 11) is 0. The van der Waals surface area contributed by atoms with Gasteiger partial charge in [0.25, 0.3) is 5.91 Å². The highest BCUT2D eigenvalue weighted by Crippen LogP contribution is 2.21. The highest BCUT2D eigenvalue weighted by Gasteiger charge is 2.21. The van der Waals surface area contributed by atoms with E-state index in [1.807, 2.05) is 6.92 Å². The fourth-order valence-electron chi connectivity index (χ4n) is 2.54. The van der Waals surface area contributed by atoms with Gasteiger partial charge in [-0.3, -0.25) is 9.69 Å². The summed E-state index contributed by atoms with van der Waals surface area (Å²) in [5.74, 6) is 0.467. The molecule has 1 amide bonds. The predicted octanol–water partition coefficient (Wildman–Crippen LogP) is 2.57. The summed E-state index contributed by atoms with van der Waals surface area (Å²) in [6.45, 7) is 14.1.